The first-order valence-corrected chi connectivity index (χ1v) is 12.0. The van der Waals surface area contributed by atoms with Gasteiger partial charge < -0.3 is 4.90 Å². The predicted octanol–water partition coefficient (Wildman–Crippen LogP) is 3.89. The van der Waals surface area contributed by atoms with Gasteiger partial charge in [0.15, 0.2) is 0 Å². The molecule has 1 atom stereocenters. The molecule has 0 saturated carbocycles. The van der Waals surface area contributed by atoms with Crippen LogP contribution in [0.4, 0.5) is 0 Å². The Morgan fingerprint density at radius 2 is 1.93 bits per heavy atom. The molecule has 1 fully saturated rings. The van der Waals surface area contributed by atoms with Crippen molar-refractivity contribution in [3.05, 3.63) is 52.9 Å². The molecule has 152 valence electrons. The zero-order valence-corrected chi connectivity index (χ0v) is 18.3. The van der Waals surface area contributed by atoms with Crippen molar-refractivity contribution >= 4 is 27.3 Å². The van der Waals surface area contributed by atoms with E-state index in [0.717, 1.165) is 16.9 Å². The molecule has 1 unspecified atom stereocenters. The van der Waals surface area contributed by atoms with E-state index in [9.17, 15) is 13.2 Å². The van der Waals surface area contributed by atoms with Crippen LogP contribution in [0.5, 0.6) is 0 Å². The van der Waals surface area contributed by atoms with Crippen molar-refractivity contribution in [1.29, 1.82) is 0 Å². The molecule has 0 N–H and O–H groups in total. The van der Waals surface area contributed by atoms with E-state index in [-0.39, 0.29) is 24.4 Å². The minimum absolute atomic E-state index is 0.0427. The van der Waals surface area contributed by atoms with Gasteiger partial charge >= 0.3 is 0 Å². The smallest absolute Gasteiger partial charge is 0.252 e. The molecule has 0 aliphatic carbocycles. The van der Waals surface area contributed by atoms with Gasteiger partial charge in [0, 0.05) is 30.6 Å². The quantitative estimate of drug-likeness (QED) is 0.712. The first-order chi connectivity index (χ1) is 13.3. The molecule has 0 bridgehead atoms. The number of aryl methyl sites for hydroxylation is 1. The second-order valence-electron chi connectivity index (χ2n) is 7.61. The number of thiophene rings is 1. The lowest BCUT2D eigenvalue weighted by atomic mass is 9.97. The summed E-state index contributed by atoms with van der Waals surface area (Å²) in [5.41, 5.74) is 1.08. The van der Waals surface area contributed by atoms with E-state index >= 15 is 0 Å². The number of nitrogens with zero attached hydrogens (tertiary/aromatic N) is 2. The molecule has 0 radical (unpaired) electrons. The summed E-state index contributed by atoms with van der Waals surface area (Å²) in [5, 5.41) is 0. The van der Waals surface area contributed by atoms with Crippen LogP contribution in [-0.4, -0.2) is 42.7 Å². The summed E-state index contributed by atoms with van der Waals surface area (Å²) in [7, 11) is -3.53. The van der Waals surface area contributed by atoms with Gasteiger partial charge in [0.1, 0.15) is 4.21 Å². The highest BCUT2D eigenvalue weighted by Crippen LogP contribution is 2.29. The van der Waals surface area contributed by atoms with Crippen LogP contribution in [0.2, 0.25) is 0 Å². The zero-order chi connectivity index (χ0) is 20.3. The third-order valence-electron chi connectivity index (χ3n) is 5.15. The minimum Gasteiger partial charge on any atom is -0.336 e. The number of hydrogen-bond acceptors (Lipinski definition) is 4. The maximum atomic E-state index is 13.3. The Morgan fingerprint density at radius 1 is 1.21 bits per heavy atom. The maximum Gasteiger partial charge on any atom is 0.252 e. The third-order valence-corrected chi connectivity index (χ3v) is 8.48. The fourth-order valence-electron chi connectivity index (χ4n) is 3.57. The topological polar surface area (TPSA) is 57.7 Å². The average molecular weight is 421 g/mol. The summed E-state index contributed by atoms with van der Waals surface area (Å²) in [5.74, 6) is -0.253. The number of piperidine rings is 1. The van der Waals surface area contributed by atoms with E-state index in [1.807, 2.05) is 62.1 Å². The number of carbonyl (C=O) groups is 1. The Hall–Kier alpha value is -1.70. The summed E-state index contributed by atoms with van der Waals surface area (Å²) in [6.45, 7) is 7.19. The molecule has 0 spiro atoms. The van der Waals surface area contributed by atoms with Crippen molar-refractivity contribution in [3.63, 3.8) is 0 Å². The maximum absolute atomic E-state index is 13.3. The number of rotatable bonds is 6. The first-order valence-electron chi connectivity index (χ1n) is 9.70. The van der Waals surface area contributed by atoms with Crippen molar-refractivity contribution in [2.75, 3.05) is 13.1 Å². The van der Waals surface area contributed by atoms with Crippen LogP contribution in [0.15, 0.2) is 46.7 Å². The predicted molar refractivity (Wildman–Crippen MR) is 113 cm³/mol. The second kappa shape index (κ2) is 8.76. The number of carbonyl (C=O) groups excluding carboxylic acids is 1. The molecule has 5 nitrogen and oxygen atoms in total. The van der Waals surface area contributed by atoms with Crippen LogP contribution >= 0.6 is 11.3 Å². The monoisotopic (exact) mass is 420 g/mol. The number of sulfonamides is 1. The Morgan fingerprint density at radius 3 is 2.54 bits per heavy atom. The summed E-state index contributed by atoms with van der Waals surface area (Å²) < 4.78 is 27.8. The molecule has 3 rings (SSSR count). The van der Waals surface area contributed by atoms with Gasteiger partial charge in [-0.15, -0.1) is 11.3 Å². The van der Waals surface area contributed by atoms with Crippen molar-refractivity contribution in [3.8, 4) is 0 Å². The lowest BCUT2D eigenvalue weighted by Gasteiger charge is -2.35. The van der Waals surface area contributed by atoms with Crippen molar-refractivity contribution < 1.29 is 13.2 Å². The van der Waals surface area contributed by atoms with Crippen LogP contribution in [0.1, 0.15) is 37.1 Å². The van der Waals surface area contributed by atoms with Gasteiger partial charge in [0.05, 0.1) is 5.92 Å². The Bertz CT molecular complexity index is 907. The number of amides is 1. The molecule has 1 saturated heterocycles. The summed E-state index contributed by atoms with van der Waals surface area (Å²) in [4.78, 5) is 16.1. The lowest BCUT2D eigenvalue weighted by molar-refractivity contribution is -0.139. The Labute approximate surface area is 172 Å². The first kappa shape index (κ1) is 21.0. The molecule has 1 aromatic carbocycles. The van der Waals surface area contributed by atoms with Gasteiger partial charge in [-0.3, -0.25) is 4.79 Å². The highest BCUT2D eigenvalue weighted by molar-refractivity contribution is 7.91. The molecule has 28 heavy (non-hydrogen) atoms. The largest absolute Gasteiger partial charge is 0.336 e. The van der Waals surface area contributed by atoms with Crippen molar-refractivity contribution in [2.45, 2.75) is 50.4 Å². The van der Waals surface area contributed by atoms with E-state index in [0.29, 0.717) is 23.7 Å². The standard InChI is InChI=1S/C21H28N2O3S2/c1-16(2)23(14-18-8-5-4-6-9-18)21(24)19-10-7-13-22(15-19)28(25,26)20-12-11-17(3)27-20/h4-6,8-9,11-12,16,19H,7,10,13-15H2,1-3H3. The Kier molecular flexibility index (Phi) is 6.58. The fraction of sp³-hybridized carbons (Fsp3) is 0.476. The van der Waals surface area contributed by atoms with Gasteiger partial charge in [-0.2, -0.15) is 4.31 Å². The fourth-order valence-corrected chi connectivity index (χ4v) is 6.53. The highest BCUT2D eigenvalue weighted by atomic mass is 32.2. The number of hydrogen-bond donors (Lipinski definition) is 0. The van der Waals surface area contributed by atoms with Crippen LogP contribution < -0.4 is 0 Å². The summed E-state index contributed by atoms with van der Waals surface area (Å²) in [6, 6.07) is 13.5. The third kappa shape index (κ3) is 4.64. The normalized spacial score (nSPS) is 18.4. The second-order valence-corrected chi connectivity index (χ2v) is 11.1. The molecule has 1 aromatic heterocycles. The SMILES string of the molecule is Cc1ccc(S(=O)(=O)N2CCCC(C(=O)N(Cc3ccccc3)C(C)C)C2)s1. The van der Waals surface area contributed by atoms with E-state index in [2.05, 4.69) is 0 Å². The van der Waals surface area contributed by atoms with Gasteiger partial charge in [0.25, 0.3) is 10.0 Å². The van der Waals surface area contributed by atoms with Crippen LogP contribution in [0.3, 0.4) is 0 Å². The summed E-state index contributed by atoms with van der Waals surface area (Å²) in [6.07, 6.45) is 1.43. The van der Waals surface area contributed by atoms with E-state index in [1.165, 1.54) is 15.6 Å². The molecular formula is C21H28N2O3S2. The molecule has 7 heteroatoms. The highest BCUT2D eigenvalue weighted by Gasteiger charge is 2.36. The average Bonchev–Trinajstić information content (AvgIpc) is 3.13. The molecular weight excluding hydrogens is 392 g/mol. The van der Waals surface area contributed by atoms with E-state index in [4.69, 9.17) is 0 Å². The molecule has 1 aliphatic heterocycles. The number of benzene rings is 1. The Balaban J connectivity index is 1.75. The molecule has 1 aliphatic rings. The molecule has 1 amide bonds. The molecule has 2 heterocycles. The lowest BCUT2D eigenvalue weighted by Crippen LogP contribution is -2.48. The van der Waals surface area contributed by atoms with Gasteiger partial charge in [0.2, 0.25) is 5.91 Å². The summed E-state index contributed by atoms with van der Waals surface area (Å²) >= 11 is 1.29. The van der Waals surface area contributed by atoms with Gasteiger partial charge in [-0.05, 0) is 51.3 Å². The molecule has 2 aromatic rings. The van der Waals surface area contributed by atoms with E-state index in [1.54, 1.807) is 6.07 Å². The van der Waals surface area contributed by atoms with Crippen LogP contribution in [0.25, 0.3) is 0 Å². The zero-order valence-electron chi connectivity index (χ0n) is 16.7. The van der Waals surface area contributed by atoms with Crippen LogP contribution in [0, 0.1) is 12.8 Å². The van der Waals surface area contributed by atoms with Crippen molar-refractivity contribution in [2.24, 2.45) is 5.92 Å². The van der Waals surface area contributed by atoms with Crippen LogP contribution in [-0.2, 0) is 21.4 Å². The minimum atomic E-state index is -3.53. The van der Waals surface area contributed by atoms with Crippen molar-refractivity contribution in [1.82, 2.24) is 9.21 Å². The van der Waals surface area contributed by atoms with Gasteiger partial charge in [-0.1, -0.05) is 30.3 Å². The van der Waals surface area contributed by atoms with E-state index < -0.39 is 10.0 Å². The van der Waals surface area contributed by atoms with Gasteiger partial charge in [-0.25, -0.2) is 8.42 Å².